The molecule has 0 fully saturated rings. The van der Waals surface area contributed by atoms with Crippen LogP contribution in [0.15, 0.2) is 0 Å². The van der Waals surface area contributed by atoms with Gasteiger partial charge in [0.05, 0.1) is 7.82 Å². The van der Waals surface area contributed by atoms with Crippen molar-refractivity contribution in [3.05, 3.63) is 0 Å². The zero-order chi connectivity index (χ0) is 10.9. The third-order valence-corrected chi connectivity index (χ3v) is 3.71. The summed E-state index contributed by atoms with van der Waals surface area (Å²) in [6.45, 7) is 0. The fraction of sp³-hybridized carbons (Fsp3) is 0. The average Bonchev–Trinajstić information content (AvgIpc) is 1.43. The van der Waals surface area contributed by atoms with Gasteiger partial charge in [0.15, 0.2) is 0 Å². The number of hydrogen-bond donors (Lipinski definition) is 3. The summed E-state index contributed by atoms with van der Waals surface area (Å²) < 4.78 is 35.7. The topological polar surface area (TPSA) is 176 Å². The van der Waals surface area contributed by atoms with Gasteiger partial charge in [-0.15, -0.1) is 0 Å². The molecule has 0 saturated heterocycles. The van der Waals surface area contributed by atoms with Gasteiger partial charge in [-0.1, -0.05) is 0 Å². The van der Waals surface area contributed by atoms with E-state index in [4.69, 9.17) is 14.7 Å². The van der Waals surface area contributed by atoms with E-state index < -0.39 is 23.5 Å². The van der Waals surface area contributed by atoms with Crippen molar-refractivity contribution in [2.24, 2.45) is 0 Å². The van der Waals surface area contributed by atoms with Gasteiger partial charge in [-0.2, -0.15) is 4.31 Å². The Labute approximate surface area is 182 Å². The molecule has 0 aliphatic rings. The zero-order valence-corrected chi connectivity index (χ0v) is 20.1. The molecule has 15 heteroatoms. The summed E-state index contributed by atoms with van der Waals surface area (Å²) >= 11 is 0. The van der Waals surface area contributed by atoms with Gasteiger partial charge in [0.1, 0.15) is 0 Å². The molecule has 0 aliphatic carbocycles. The first-order chi connectivity index (χ1) is 5.41. The number of rotatable bonds is 4. The molecule has 0 heterocycles. The van der Waals surface area contributed by atoms with Gasteiger partial charge in [0, 0.05) is 0 Å². The Morgan fingerprint density at radius 3 is 1.40 bits per heavy atom. The van der Waals surface area contributed by atoms with E-state index in [2.05, 4.69) is 8.62 Å². The van der Waals surface area contributed by atoms with Crippen LogP contribution in [0.2, 0.25) is 0 Å². The van der Waals surface area contributed by atoms with Crippen LogP contribution in [0.5, 0.6) is 0 Å². The third-order valence-electron chi connectivity index (χ3n) is 0.413. The molecular weight excluding hydrogens is 424 g/mol. The van der Waals surface area contributed by atoms with E-state index >= 15 is 0 Å². The van der Waals surface area contributed by atoms with E-state index in [0.29, 0.717) is 0 Å². The van der Waals surface area contributed by atoms with Gasteiger partial charge < -0.3 is 29.0 Å². The second-order valence-electron chi connectivity index (χ2n) is 1.57. The van der Waals surface area contributed by atoms with Crippen LogP contribution in [-0.2, 0) is 22.3 Å². The predicted molar refractivity (Wildman–Crippen MR) is 31.6 cm³/mol. The van der Waals surface area contributed by atoms with E-state index in [1.807, 2.05) is 0 Å². The minimum Gasteiger partial charge on any atom is -0.789 e. The minimum atomic E-state index is -5.85. The van der Waals surface area contributed by atoms with Crippen LogP contribution in [0.4, 0.5) is 0 Å². The molecule has 0 saturated carbocycles. The largest absolute Gasteiger partial charge is 1.00 e. The Balaban J connectivity index is -0.000000720. The van der Waals surface area contributed by atoms with Crippen molar-refractivity contribution in [3.8, 4) is 0 Å². The maximum atomic E-state index is 10.3. The molecule has 1 unspecified atom stereocenters. The molecule has 80 valence electrons. The number of phosphoric acid groups is 3. The molecule has 0 aromatic heterocycles. The normalized spacial score (nSPS) is 15.8. The summed E-state index contributed by atoms with van der Waals surface area (Å²) in [5, 5.41) is 0. The van der Waals surface area contributed by atoms with Crippen molar-refractivity contribution in [2.45, 2.75) is 0 Å². The average molecular weight is 427 g/mol. The molecule has 0 rings (SSSR count). The molecule has 0 radical (unpaired) electrons. The summed E-state index contributed by atoms with van der Waals surface area (Å²) in [5.41, 5.74) is 0. The Kier molecular flexibility index (Phi) is 14.5. The maximum Gasteiger partial charge on any atom is 1.00 e. The Bertz CT molecular complexity index is 281. The van der Waals surface area contributed by atoms with Crippen LogP contribution in [-0.4, -0.2) is 14.7 Å². The van der Waals surface area contributed by atoms with E-state index in [0.717, 1.165) is 0 Å². The first-order valence-corrected chi connectivity index (χ1v) is 6.73. The molecule has 0 bridgehead atoms. The molecule has 0 aromatic rings. The molecule has 0 aromatic carbocycles. The van der Waals surface area contributed by atoms with Crippen LogP contribution in [0.1, 0.15) is 0 Å². The van der Waals surface area contributed by atoms with Crippen molar-refractivity contribution < 1.29 is 163 Å². The molecule has 0 amide bonds. The predicted octanol–water partition coefficient (Wildman–Crippen LogP) is -7.95. The SMILES string of the molecule is O=P([O-])([O-])OP(=O)(O)OP(=O)(O)O.[Rb+].[Rb+]. The standard InChI is InChI=1S/H5O10P3.2Rb/c1-11(2,3)9-13(7,8)10-12(4,5)6;;/h(H,7,8)(H2,1,2,3)(H2,4,5,6);;/q;2*+1/p-2. The Morgan fingerprint density at radius 2 is 1.20 bits per heavy atom. The summed E-state index contributed by atoms with van der Waals surface area (Å²) in [6.07, 6.45) is 0. The zero-order valence-electron chi connectivity index (χ0n) is 7.54. The third kappa shape index (κ3) is 18.0. The first kappa shape index (κ1) is 24.1. The van der Waals surface area contributed by atoms with Gasteiger partial charge >= 0.3 is 132 Å². The molecular formula is H3O10P3Rb2. The second-order valence-corrected chi connectivity index (χ2v) is 5.69. The van der Waals surface area contributed by atoms with Crippen LogP contribution in [0, 0.1) is 0 Å². The fourth-order valence-corrected chi connectivity index (χ4v) is 2.75. The van der Waals surface area contributed by atoms with Gasteiger partial charge in [0.2, 0.25) is 0 Å². The maximum absolute atomic E-state index is 10.3. The van der Waals surface area contributed by atoms with Crippen molar-refractivity contribution in [1.82, 2.24) is 0 Å². The fourth-order valence-electron chi connectivity index (χ4n) is 0.276. The second kappa shape index (κ2) is 9.05. The Hall–Kier alpha value is 4.02. The molecule has 0 spiro atoms. The van der Waals surface area contributed by atoms with Crippen molar-refractivity contribution in [1.29, 1.82) is 0 Å². The first-order valence-electron chi connectivity index (χ1n) is 2.24. The summed E-state index contributed by atoms with van der Waals surface area (Å²) in [7, 11) is -16.9. The molecule has 3 N–H and O–H groups in total. The van der Waals surface area contributed by atoms with Crippen LogP contribution in [0.3, 0.4) is 0 Å². The van der Waals surface area contributed by atoms with Crippen molar-refractivity contribution in [2.75, 3.05) is 0 Å². The van der Waals surface area contributed by atoms with Crippen LogP contribution >= 0.6 is 23.5 Å². The molecule has 10 nitrogen and oxygen atoms in total. The summed E-state index contributed by atoms with van der Waals surface area (Å²) in [5.74, 6) is 0. The van der Waals surface area contributed by atoms with Crippen molar-refractivity contribution >= 4 is 23.5 Å². The van der Waals surface area contributed by atoms with Gasteiger partial charge in [-0.05, 0) is 0 Å². The monoisotopic (exact) mass is 426 g/mol. The van der Waals surface area contributed by atoms with E-state index in [1.165, 1.54) is 0 Å². The molecule has 1 atom stereocenters. The summed E-state index contributed by atoms with van der Waals surface area (Å²) in [4.78, 5) is 43.5. The smallest absolute Gasteiger partial charge is 0.789 e. The van der Waals surface area contributed by atoms with Gasteiger partial charge in [-0.25, -0.2) is 9.13 Å². The van der Waals surface area contributed by atoms with E-state index in [1.54, 1.807) is 0 Å². The summed E-state index contributed by atoms with van der Waals surface area (Å²) in [6, 6.07) is 0. The van der Waals surface area contributed by atoms with Crippen LogP contribution in [0.25, 0.3) is 0 Å². The van der Waals surface area contributed by atoms with E-state index in [-0.39, 0.29) is 116 Å². The molecule has 15 heavy (non-hydrogen) atoms. The van der Waals surface area contributed by atoms with E-state index in [9.17, 15) is 23.5 Å². The quantitative estimate of drug-likeness (QED) is 0.366. The molecule has 0 aliphatic heterocycles. The van der Waals surface area contributed by atoms with Crippen LogP contribution < -0.4 is 126 Å². The van der Waals surface area contributed by atoms with Gasteiger partial charge in [-0.3, -0.25) is 4.31 Å². The van der Waals surface area contributed by atoms with Crippen molar-refractivity contribution in [3.63, 3.8) is 0 Å². The Morgan fingerprint density at radius 1 is 0.867 bits per heavy atom. The minimum absolute atomic E-state index is 0. The van der Waals surface area contributed by atoms with Gasteiger partial charge in [0.25, 0.3) is 0 Å². The number of hydrogen-bond acceptors (Lipinski definition) is 7.